The number of likely N-dealkylation sites (tertiary alicyclic amines) is 1. The average molecular weight is 280 g/mol. The fraction of sp³-hybridized carbons (Fsp3) is 0.938. The molecule has 0 radical (unpaired) electrons. The predicted octanol–water partition coefficient (Wildman–Crippen LogP) is 2.07. The summed E-state index contributed by atoms with van der Waals surface area (Å²) in [6.45, 7) is 9.08. The topological polar surface area (TPSA) is 42.3 Å². The lowest BCUT2D eigenvalue weighted by Gasteiger charge is -2.36. The van der Waals surface area contributed by atoms with E-state index in [1.54, 1.807) is 0 Å². The van der Waals surface area contributed by atoms with Crippen molar-refractivity contribution in [2.45, 2.75) is 57.5 Å². The van der Waals surface area contributed by atoms with Gasteiger partial charge in [0.15, 0.2) is 0 Å². The van der Waals surface area contributed by atoms with Crippen molar-refractivity contribution in [3.05, 3.63) is 0 Å². The summed E-state index contributed by atoms with van der Waals surface area (Å²) in [7, 11) is 4.14. The molecule has 20 heavy (non-hydrogen) atoms. The first kappa shape index (κ1) is 17.4. The second kappa shape index (κ2) is 8.61. The van der Waals surface area contributed by atoms with Crippen LogP contribution in [0.4, 0.5) is 0 Å². The molecule has 116 valence electrons. The first-order valence-electron chi connectivity index (χ1n) is 8.13. The maximum Gasteiger partial charge on any atom is 0.106 e. The molecule has 0 aromatic rings. The van der Waals surface area contributed by atoms with Gasteiger partial charge in [0.2, 0.25) is 0 Å². The van der Waals surface area contributed by atoms with E-state index in [2.05, 4.69) is 42.1 Å². The van der Waals surface area contributed by atoms with Crippen molar-refractivity contribution in [2.24, 2.45) is 0 Å². The monoisotopic (exact) mass is 280 g/mol. The Balaban J connectivity index is 2.30. The lowest BCUT2D eigenvalue weighted by atomic mass is 9.92. The molecule has 1 fully saturated rings. The second-order valence-corrected chi connectivity index (χ2v) is 6.05. The molecule has 0 saturated carbocycles. The van der Waals surface area contributed by atoms with E-state index in [1.807, 2.05) is 7.05 Å². The van der Waals surface area contributed by atoms with Crippen molar-refractivity contribution in [3.63, 3.8) is 0 Å². The third-order valence-electron chi connectivity index (χ3n) is 5.04. The normalized spacial score (nSPS) is 20.8. The fourth-order valence-corrected chi connectivity index (χ4v) is 3.16. The van der Waals surface area contributed by atoms with Gasteiger partial charge >= 0.3 is 0 Å². The maximum atomic E-state index is 9.32. The summed E-state index contributed by atoms with van der Waals surface area (Å²) in [6, 6.07) is 3.17. The Hall–Kier alpha value is -0.630. The highest BCUT2D eigenvalue weighted by atomic mass is 15.2. The number of nitriles is 1. The van der Waals surface area contributed by atoms with Crippen molar-refractivity contribution < 1.29 is 0 Å². The van der Waals surface area contributed by atoms with Gasteiger partial charge in [0.25, 0.3) is 0 Å². The minimum Gasteiger partial charge on any atom is -0.303 e. The number of nitrogens with zero attached hydrogens (tertiary/aromatic N) is 3. The van der Waals surface area contributed by atoms with Gasteiger partial charge < -0.3 is 15.1 Å². The van der Waals surface area contributed by atoms with E-state index >= 15 is 0 Å². The lowest BCUT2D eigenvalue weighted by Crippen LogP contribution is -2.44. The number of rotatable bonds is 8. The fourth-order valence-electron chi connectivity index (χ4n) is 3.16. The van der Waals surface area contributed by atoms with E-state index in [1.165, 1.54) is 32.5 Å². The van der Waals surface area contributed by atoms with Gasteiger partial charge in [-0.2, -0.15) is 5.26 Å². The Morgan fingerprint density at radius 2 is 2.00 bits per heavy atom. The highest BCUT2D eigenvalue weighted by Crippen LogP contribution is 2.19. The van der Waals surface area contributed by atoms with Crippen LogP contribution in [0.1, 0.15) is 46.0 Å². The third-order valence-corrected chi connectivity index (χ3v) is 5.04. The smallest absolute Gasteiger partial charge is 0.106 e. The lowest BCUT2D eigenvalue weighted by molar-refractivity contribution is 0.128. The van der Waals surface area contributed by atoms with Gasteiger partial charge in [-0.1, -0.05) is 13.8 Å². The van der Waals surface area contributed by atoms with Crippen molar-refractivity contribution in [1.29, 1.82) is 5.26 Å². The van der Waals surface area contributed by atoms with Crippen LogP contribution in [0.25, 0.3) is 0 Å². The van der Waals surface area contributed by atoms with E-state index < -0.39 is 0 Å². The largest absolute Gasteiger partial charge is 0.303 e. The van der Waals surface area contributed by atoms with Gasteiger partial charge in [-0.25, -0.2) is 0 Å². The van der Waals surface area contributed by atoms with Gasteiger partial charge in [-0.15, -0.1) is 0 Å². The molecule has 1 heterocycles. The molecule has 0 aromatic carbocycles. The van der Waals surface area contributed by atoms with Crippen LogP contribution in [0, 0.1) is 11.3 Å². The Bertz CT molecular complexity index is 298. The molecular weight excluding hydrogens is 248 g/mol. The molecule has 0 aromatic heterocycles. The standard InChI is InChI=1S/C16H32N4/c1-5-16(14-17,18-3)10-7-11-19(4)15-8-12-20(6-2)13-9-15/h15,18H,5-13H2,1-4H3. The van der Waals surface area contributed by atoms with E-state index in [4.69, 9.17) is 0 Å². The third kappa shape index (κ3) is 4.73. The Morgan fingerprint density at radius 1 is 1.35 bits per heavy atom. The highest BCUT2D eigenvalue weighted by Gasteiger charge is 2.26. The quantitative estimate of drug-likeness (QED) is 0.739. The summed E-state index contributed by atoms with van der Waals surface area (Å²) in [6.07, 6.45) is 5.47. The second-order valence-electron chi connectivity index (χ2n) is 6.05. The SMILES string of the molecule is CCN1CCC(N(C)CCCC(C#N)(CC)NC)CC1. The van der Waals surface area contributed by atoms with Crippen molar-refractivity contribution >= 4 is 0 Å². The summed E-state index contributed by atoms with van der Waals surface area (Å²) in [5.41, 5.74) is -0.327. The van der Waals surface area contributed by atoms with E-state index in [9.17, 15) is 5.26 Å². The van der Waals surface area contributed by atoms with E-state index in [-0.39, 0.29) is 5.54 Å². The molecular formula is C16H32N4. The van der Waals surface area contributed by atoms with Crippen LogP contribution in [0.15, 0.2) is 0 Å². The Kier molecular flexibility index (Phi) is 7.50. The summed E-state index contributed by atoms with van der Waals surface area (Å²) in [5.74, 6) is 0. The van der Waals surface area contributed by atoms with Crippen LogP contribution in [-0.2, 0) is 0 Å². The Morgan fingerprint density at radius 3 is 2.45 bits per heavy atom. The summed E-state index contributed by atoms with van der Waals surface area (Å²) < 4.78 is 0. The zero-order valence-electron chi connectivity index (χ0n) is 13.8. The van der Waals surface area contributed by atoms with Crippen LogP contribution in [-0.4, -0.2) is 61.7 Å². The minimum absolute atomic E-state index is 0.327. The maximum absolute atomic E-state index is 9.32. The van der Waals surface area contributed by atoms with Crippen LogP contribution in [0.2, 0.25) is 0 Å². The molecule has 0 amide bonds. The number of hydrogen-bond donors (Lipinski definition) is 1. The number of piperidine rings is 1. The van der Waals surface area contributed by atoms with Crippen molar-refractivity contribution in [1.82, 2.24) is 15.1 Å². The first-order chi connectivity index (χ1) is 9.60. The average Bonchev–Trinajstić information content (AvgIpc) is 2.52. The molecule has 0 bridgehead atoms. The summed E-state index contributed by atoms with van der Waals surface area (Å²) in [5, 5.41) is 12.5. The predicted molar refractivity (Wildman–Crippen MR) is 84.7 cm³/mol. The van der Waals surface area contributed by atoms with Gasteiger partial charge in [0.1, 0.15) is 5.54 Å². The zero-order chi connectivity index (χ0) is 15.0. The molecule has 1 aliphatic rings. The van der Waals surface area contributed by atoms with Crippen LogP contribution in [0.3, 0.4) is 0 Å². The molecule has 1 rings (SSSR count). The molecule has 4 heteroatoms. The van der Waals surface area contributed by atoms with Crippen LogP contribution >= 0.6 is 0 Å². The zero-order valence-corrected chi connectivity index (χ0v) is 13.8. The van der Waals surface area contributed by atoms with Crippen LogP contribution in [0.5, 0.6) is 0 Å². The first-order valence-corrected chi connectivity index (χ1v) is 8.13. The molecule has 1 unspecified atom stereocenters. The molecule has 1 atom stereocenters. The molecule has 4 nitrogen and oxygen atoms in total. The van der Waals surface area contributed by atoms with Gasteiger partial charge in [0, 0.05) is 6.04 Å². The highest BCUT2D eigenvalue weighted by molar-refractivity contribution is 5.05. The summed E-state index contributed by atoms with van der Waals surface area (Å²) in [4.78, 5) is 5.03. The van der Waals surface area contributed by atoms with Crippen molar-refractivity contribution in [3.8, 4) is 6.07 Å². The van der Waals surface area contributed by atoms with Gasteiger partial charge in [-0.3, -0.25) is 0 Å². The van der Waals surface area contributed by atoms with Crippen LogP contribution < -0.4 is 5.32 Å². The molecule has 1 aliphatic heterocycles. The van der Waals surface area contributed by atoms with E-state index in [0.717, 1.165) is 31.8 Å². The summed E-state index contributed by atoms with van der Waals surface area (Å²) >= 11 is 0. The number of nitrogens with one attached hydrogen (secondary N) is 1. The Labute approximate surface area is 125 Å². The number of hydrogen-bond acceptors (Lipinski definition) is 4. The molecule has 1 N–H and O–H groups in total. The van der Waals surface area contributed by atoms with Gasteiger partial charge in [-0.05, 0) is 72.4 Å². The molecule has 1 saturated heterocycles. The van der Waals surface area contributed by atoms with Gasteiger partial charge in [0.05, 0.1) is 6.07 Å². The van der Waals surface area contributed by atoms with E-state index in [0.29, 0.717) is 0 Å². The van der Waals surface area contributed by atoms with Crippen molar-refractivity contribution in [2.75, 3.05) is 40.3 Å². The minimum atomic E-state index is -0.327. The molecule has 0 spiro atoms. The molecule has 0 aliphatic carbocycles.